The van der Waals surface area contributed by atoms with Crippen molar-refractivity contribution < 1.29 is 18.1 Å². The highest BCUT2D eigenvalue weighted by atomic mass is 32.2. The van der Waals surface area contributed by atoms with Gasteiger partial charge in [0.05, 0.1) is 10.9 Å². The van der Waals surface area contributed by atoms with Gasteiger partial charge in [-0.1, -0.05) is 20.8 Å². The van der Waals surface area contributed by atoms with Crippen LogP contribution in [0.1, 0.15) is 40.0 Å². The molecule has 0 amide bonds. The lowest BCUT2D eigenvalue weighted by Gasteiger charge is -2.35. The molecule has 14 heavy (non-hydrogen) atoms. The van der Waals surface area contributed by atoms with Crippen molar-refractivity contribution in [3.8, 4) is 0 Å². The van der Waals surface area contributed by atoms with Gasteiger partial charge in [0.2, 0.25) is 0 Å². The highest BCUT2D eigenvalue weighted by Gasteiger charge is 2.36. The Balaban J connectivity index is 0. The third-order valence-electron chi connectivity index (χ3n) is 2.54. The van der Waals surface area contributed by atoms with Crippen LogP contribution in [0, 0.1) is 0 Å². The topological polar surface area (TPSA) is 114 Å². The van der Waals surface area contributed by atoms with E-state index in [1.165, 1.54) is 0 Å². The van der Waals surface area contributed by atoms with Crippen LogP contribution >= 0.6 is 0 Å². The fourth-order valence-corrected chi connectivity index (χ4v) is 2.84. The van der Waals surface area contributed by atoms with Crippen molar-refractivity contribution in [2.45, 2.75) is 50.9 Å². The Kier molecular flexibility index (Phi) is 6.56. The van der Waals surface area contributed by atoms with Gasteiger partial charge in [0.25, 0.3) is 0 Å². The van der Waals surface area contributed by atoms with Gasteiger partial charge in [-0.05, 0) is 19.3 Å². The molecule has 0 aliphatic rings. The molecule has 1 unspecified atom stereocenters. The Morgan fingerprint density at radius 1 is 1.29 bits per heavy atom. The highest BCUT2D eigenvalue weighted by molar-refractivity contribution is 7.86. The van der Waals surface area contributed by atoms with Crippen LogP contribution in [-0.4, -0.2) is 28.9 Å². The van der Waals surface area contributed by atoms with Gasteiger partial charge >= 0.3 is 0 Å². The largest absolute Gasteiger partial charge is 0.748 e. The molecule has 0 aromatic carbocycles. The van der Waals surface area contributed by atoms with Gasteiger partial charge in [-0.25, -0.2) is 8.42 Å². The van der Waals surface area contributed by atoms with Gasteiger partial charge in [-0.15, -0.1) is 0 Å². The standard InChI is InChI=1S/C8H18O4S.H3N/c1-4-7(13(10,11)12)8(9,5-2)6-3;/h7,9H,4-6H2,1-3H3,(H,10,11,12);1H3. The number of hydrogen-bond donors (Lipinski definition) is 2. The molecule has 0 saturated heterocycles. The van der Waals surface area contributed by atoms with Gasteiger partial charge < -0.3 is 15.8 Å². The third-order valence-corrected chi connectivity index (χ3v) is 4.01. The first kappa shape index (κ1) is 16.3. The van der Waals surface area contributed by atoms with E-state index in [1.807, 2.05) is 0 Å². The molecule has 0 fully saturated rings. The first-order valence-electron chi connectivity index (χ1n) is 4.48. The minimum atomic E-state index is -4.40. The summed E-state index contributed by atoms with van der Waals surface area (Å²) in [6.45, 7) is 4.95. The van der Waals surface area contributed by atoms with Crippen molar-refractivity contribution in [3.05, 3.63) is 0 Å². The summed E-state index contributed by atoms with van der Waals surface area (Å²) in [6, 6.07) is 0. The lowest BCUT2D eigenvalue weighted by Crippen LogP contribution is -2.45. The molecule has 5 nitrogen and oxygen atoms in total. The van der Waals surface area contributed by atoms with E-state index in [0.717, 1.165) is 0 Å². The molecule has 0 bridgehead atoms. The minimum absolute atomic E-state index is 0. The van der Waals surface area contributed by atoms with Crippen molar-refractivity contribution in [3.63, 3.8) is 0 Å². The van der Waals surface area contributed by atoms with E-state index in [2.05, 4.69) is 0 Å². The molecule has 0 radical (unpaired) electrons. The SMILES string of the molecule is CCC(C(O)(CC)CC)S(=O)(=O)[O-].[NH4+]. The average Bonchev–Trinajstić information content (AvgIpc) is 2.02. The summed E-state index contributed by atoms with van der Waals surface area (Å²) in [5, 5.41) is 8.66. The summed E-state index contributed by atoms with van der Waals surface area (Å²) in [4.78, 5) is 0. The summed E-state index contributed by atoms with van der Waals surface area (Å²) in [5.41, 5.74) is -1.37. The smallest absolute Gasteiger partial charge is 0.100 e. The van der Waals surface area contributed by atoms with E-state index in [9.17, 15) is 18.1 Å². The average molecular weight is 227 g/mol. The van der Waals surface area contributed by atoms with E-state index in [0.29, 0.717) is 0 Å². The van der Waals surface area contributed by atoms with E-state index in [4.69, 9.17) is 0 Å². The zero-order valence-corrected chi connectivity index (χ0v) is 10.1. The third kappa shape index (κ3) is 3.53. The van der Waals surface area contributed by atoms with Crippen LogP contribution in [0.4, 0.5) is 0 Å². The maximum absolute atomic E-state index is 10.8. The van der Waals surface area contributed by atoms with Crippen molar-refractivity contribution in [2.24, 2.45) is 0 Å². The fraction of sp³-hybridized carbons (Fsp3) is 1.00. The van der Waals surface area contributed by atoms with Crippen molar-refractivity contribution >= 4 is 10.1 Å². The molecule has 0 aliphatic heterocycles. The molecule has 0 aromatic heterocycles. The van der Waals surface area contributed by atoms with Gasteiger partial charge in [0.15, 0.2) is 0 Å². The van der Waals surface area contributed by atoms with Crippen LogP contribution in [0.15, 0.2) is 0 Å². The van der Waals surface area contributed by atoms with Gasteiger partial charge in [0.1, 0.15) is 10.1 Å². The molecule has 0 spiro atoms. The lowest BCUT2D eigenvalue weighted by atomic mass is 9.92. The van der Waals surface area contributed by atoms with Crippen molar-refractivity contribution in [1.82, 2.24) is 6.15 Å². The minimum Gasteiger partial charge on any atom is -0.748 e. The normalized spacial score (nSPS) is 14.6. The van der Waals surface area contributed by atoms with Crippen LogP contribution in [-0.2, 0) is 10.1 Å². The van der Waals surface area contributed by atoms with E-state index >= 15 is 0 Å². The zero-order chi connectivity index (χ0) is 10.7. The molecule has 0 rings (SSSR count). The van der Waals surface area contributed by atoms with E-state index in [1.54, 1.807) is 20.8 Å². The number of quaternary nitrogens is 1. The number of rotatable bonds is 5. The van der Waals surface area contributed by atoms with E-state index in [-0.39, 0.29) is 25.4 Å². The second-order valence-corrected chi connectivity index (χ2v) is 4.76. The second kappa shape index (κ2) is 5.65. The predicted octanol–water partition coefficient (Wildman–Crippen LogP) is 1.24. The van der Waals surface area contributed by atoms with Crippen LogP contribution in [0.3, 0.4) is 0 Å². The van der Waals surface area contributed by atoms with Crippen LogP contribution in [0.5, 0.6) is 0 Å². The Hall–Kier alpha value is -0.170. The molecule has 0 aliphatic carbocycles. The maximum atomic E-state index is 10.8. The Morgan fingerprint density at radius 2 is 1.64 bits per heavy atom. The number of aliphatic hydroxyl groups is 1. The first-order valence-corrected chi connectivity index (χ1v) is 5.96. The highest BCUT2D eigenvalue weighted by Crippen LogP contribution is 2.26. The molecule has 6 heteroatoms. The molecule has 0 aromatic rings. The van der Waals surface area contributed by atoms with Gasteiger partial charge in [-0.2, -0.15) is 0 Å². The molecular weight excluding hydrogens is 206 g/mol. The Bertz CT molecular complexity index is 246. The molecule has 0 saturated carbocycles. The fourth-order valence-electron chi connectivity index (χ4n) is 1.56. The summed E-state index contributed by atoms with van der Waals surface area (Å²) in [5.74, 6) is 0. The molecular formula is C8H21NO4S. The van der Waals surface area contributed by atoms with Crippen LogP contribution in [0.25, 0.3) is 0 Å². The lowest BCUT2D eigenvalue weighted by molar-refractivity contribution is 0.0242. The van der Waals surface area contributed by atoms with Gasteiger partial charge in [-0.3, -0.25) is 0 Å². The maximum Gasteiger partial charge on any atom is 0.100 e. The first-order chi connectivity index (χ1) is 5.81. The molecule has 5 N–H and O–H groups in total. The summed E-state index contributed by atoms with van der Waals surface area (Å²) in [6.07, 6.45) is 0.719. The van der Waals surface area contributed by atoms with Gasteiger partial charge in [0, 0.05) is 0 Å². The van der Waals surface area contributed by atoms with Crippen molar-refractivity contribution in [1.29, 1.82) is 0 Å². The monoisotopic (exact) mass is 227 g/mol. The van der Waals surface area contributed by atoms with Crippen LogP contribution < -0.4 is 6.15 Å². The molecule has 1 atom stereocenters. The van der Waals surface area contributed by atoms with Crippen LogP contribution in [0.2, 0.25) is 0 Å². The van der Waals surface area contributed by atoms with Crippen molar-refractivity contribution in [2.75, 3.05) is 0 Å². The quantitative estimate of drug-likeness (QED) is 0.687. The predicted molar refractivity (Wildman–Crippen MR) is 55.3 cm³/mol. The molecule has 88 valence electrons. The second-order valence-electron chi connectivity index (χ2n) is 3.20. The molecule has 0 heterocycles. The summed E-state index contributed by atoms with van der Waals surface area (Å²) in [7, 11) is -4.40. The summed E-state index contributed by atoms with van der Waals surface area (Å²) < 4.78 is 32.4. The summed E-state index contributed by atoms with van der Waals surface area (Å²) >= 11 is 0. The number of hydrogen-bond acceptors (Lipinski definition) is 4. The zero-order valence-electron chi connectivity index (χ0n) is 9.28. The Labute approximate surface area is 85.9 Å². The Morgan fingerprint density at radius 3 is 1.71 bits per heavy atom. The van der Waals surface area contributed by atoms with E-state index < -0.39 is 21.0 Å².